The fourth-order valence-corrected chi connectivity index (χ4v) is 2.50. The van der Waals surface area contributed by atoms with Crippen molar-refractivity contribution in [1.29, 1.82) is 0 Å². The Hall–Kier alpha value is -2.62. The molecule has 0 saturated carbocycles. The van der Waals surface area contributed by atoms with Crippen LogP contribution in [0.25, 0.3) is 5.65 Å². The molecule has 1 aromatic carbocycles. The maximum absolute atomic E-state index is 12.9. The highest BCUT2D eigenvalue weighted by Gasteiger charge is 2.19. The molecular weight excluding hydrogens is 262 g/mol. The Bertz CT molecular complexity index is 791. The summed E-state index contributed by atoms with van der Waals surface area (Å²) in [5.41, 5.74) is 3.35. The topological polar surface area (TPSA) is 37.6 Å². The lowest BCUT2D eigenvalue weighted by Gasteiger charge is -2.21. The van der Waals surface area contributed by atoms with E-state index in [-0.39, 0.29) is 5.91 Å². The Morgan fingerprint density at radius 2 is 2.10 bits per heavy atom. The van der Waals surface area contributed by atoms with E-state index >= 15 is 0 Å². The molecule has 0 saturated heterocycles. The lowest BCUT2D eigenvalue weighted by Crippen LogP contribution is -2.31. The highest BCUT2D eigenvalue weighted by Crippen LogP contribution is 2.20. The van der Waals surface area contributed by atoms with Gasteiger partial charge in [-0.2, -0.15) is 0 Å². The second-order valence-corrected chi connectivity index (χ2v) is 4.97. The van der Waals surface area contributed by atoms with Crippen LogP contribution in [0.4, 0.5) is 5.69 Å². The van der Waals surface area contributed by atoms with Crippen molar-refractivity contribution in [3.05, 3.63) is 66.1 Å². The third-order valence-electron chi connectivity index (χ3n) is 3.52. The predicted octanol–water partition coefficient (Wildman–Crippen LogP) is 3.31. The quantitative estimate of drug-likeness (QED) is 0.737. The largest absolute Gasteiger partial charge is 0.309 e. The predicted molar refractivity (Wildman–Crippen MR) is 83.7 cm³/mol. The van der Waals surface area contributed by atoms with E-state index in [0.717, 1.165) is 11.3 Å². The Morgan fingerprint density at radius 1 is 1.24 bits per heavy atom. The fourth-order valence-electron chi connectivity index (χ4n) is 2.50. The Morgan fingerprint density at radius 3 is 2.86 bits per heavy atom. The minimum atomic E-state index is -0.0279. The summed E-state index contributed by atoms with van der Waals surface area (Å²) in [5.74, 6) is -0.0279. The maximum atomic E-state index is 12.9. The van der Waals surface area contributed by atoms with Crippen LogP contribution in [-0.4, -0.2) is 21.8 Å². The number of hydrogen-bond acceptors (Lipinski definition) is 2. The number of carbonyl (C=O) groups excluding carboxylic acids is 1. The SMILES string of the molecule is CCN(C(=O)c1cccn2ccnc12)c1cccc(C)c1. The molecule has 4 heteroatoms. The summed E-state index contributed by atoms with van der Waals surface area (Å²) in [7, 11) is 0. The van der Waals surface area contributed by atoms with Gasteiger partial charge in [-0.05, 0) is 43.7 Å². The monoisotopic (exact) mass is 279 g/mol. The van der Waals surface area contributed by atoms with Gasteiger partial charge in [-0.25, -0.2) is 4.98 Å². The lowest BCUT2D eigenvalue weighted by atomic mass is 10.1. The summed E-state index contributed by atoms with van der Waals surface area (Å²) < 4.78 is 1.86. The van der Waals surface area contributed by atoms with Crippen molar-refractivity contribution in [2.75, 3.05) is 11.4 Å². The lowest BCUT2D eigenvalue weighted by molar-refractivity contribution is 0.0989. The molecule has 2 aromatic heterocycles. The number of carbonyl (C=O) groups is 1. The van der Waals surface area contributed by atoms with E-state index in [1.54, 1.807) is 11.1 Å². The fraction of sp³-hybridized carbons (Fsp3) is 0.176. The molecule has 3 aromatic rings. The van der Waals surface area contributed by atoms with Gasteiger partial charge in [-0.3, -0.25) is 4.79 Å². The van der Waals surface area contributed by atoms with Gasteiger partial charge in [-0.15, -0.1) is 0 Å². The zero-order chi connectivity index (χ0) is 14.8. The van der Waals surface area contributed by atoms with E-state index in [9.17, 15) is 4.79 Å². The van der Waals surface area contributed by atoms with E-state index in [4.69, 9.17) is 0 Å². The second-order valence-electron chi connectivity index (χ2n) is 4.97. The molecule has 0 aliphatic carbocycles. The minimum Gasteiger partial charge on any atom is -0.309 e. The first kappa shape index (κ1) is 13.4. The van der Waals surface area contributed by atoms with Crippen molar-refractivity contribution in [2.45, 2.75) is 13.8 Å². The zero-order valence-electron chi connectivity index (χ0n) is 12.2. The summed E-state index contributed by atoms with van der Waals surface area (Å²) in [4.78, 5) is 18.9. The molecule has 21 heavy (non-hydrogen) atoms. The molecule has 1 amide bonds. The standard InChI is InChI=1S/C17H17N3O/c1-3-20(14-7-4-6-13(2)12-14)17(21)15-8-5-10-19-11-9-18-16(15)19/h4-12H,3H2,1-2H3. The first-order valence-corrected chi connectivity index (χ1v) is 7.01. The van der Waals surface area contributed by atoms with Crippen LogP contribution in [0.5, 0.6) is 0 Å². The van der Waals surface area contributed by atoms with Crippen molar-refractivity contribution in [3.63, 3.8) is 0 Å². The van der Waals surface area contributed by atoms with Crippen LogP contribution in [0, 0.1) is 6.92 Å². The molecule has 0 fully saturated rings. The molecule has 0 aliphatic heterocycles. The van der Waals surface area contributed by atoms with Crippen LogP contribution in [0.15, 0.2) is 55.0 Å². The van der Waals surface area contributed by atoms with Gasteiger partial charge >= 0.3 is 0 Å². The Kier molecular flexibility index (Phi) is 3.44. The zero-order valence-corrected chi connectivity index (χ0v) is 12.2. The van der Waals surface area contributed by atoms with Gasteiger partial charge in [0.2, 0.25) is 0 Å². The van der Waals surface area contributed by atoms with Gasteiger partial charge in [-0.1, -0.05) is 12.1 Å². The Balaban J connectivity index is 2.05. The van der Waals surface area contributed by atoms with Crippen molar-refractivity contribution >= 4 is 17.2 Å². The average molecular weight is 279 g/mol. The molecule has 106 valence electrons. The highest BCUT2D eigenvalue weighted by molar-refractivity contribution is 6.09. The number of imidazole rings is 1. The van der Waals surface area contributed by atoms with Gasteiger partial charge in [0.25, 0.3) is 5.91 Å². The minimum absolute atomic E-state index is 0.0279. The second kappa shape index (κ2) is 5.40. The highest BCUT2D eigenvalue weighted by atomic mass is 16.2. The van der Waals surface area contributed by atoms with Crippen molar-refractivity contribution in [3.8, 4) is 0 Å². The molecular formula is C17H17N3O. The van der Waals surface area contributed by atoms with Gasteiger partial charge in [0, 0.05) is 30.8 Å². The summed E-state index contributed by atoms with van der Waals surface area (Å²) in [6.45, 7) is 4.62. The summed E-state index contributed by atoms with van der Waals surface area (Å²) in [6, 6.07) is 11.7. The molecule has 0 N–H and O–H groups in total. The molecule has 0 spiro atoms. The molecule has 2 heterocycles. The van der Waals surface area contributed by atoms with E-state index in [2.05, 4.69) is 4.98 Å². The number of aryl methyl sites for hydroxylation is 1. The summed E-state index contributed by atoms with van der Waals surface area (Å²) in [5, 5.41) is 0. The number of amides is 1. The number of aromatic nitrogens is 2. The molecule has 0 aliphatic rings. The van der Waals surface area contributed by atoms with Crippen LogP contribution in [0.3, 0.4) is 0 Å². The number of rotatable bonds is 3. The number of nitrogens with zero attached hydrogens (tertiary/aromatic N) is 3. The van der Waals surface area contributed by atoms with Crippen molar-refractivity contribution in [2.24, 2.45) is 0 Å². The molecule has 4 nitrogen and oxygen atoms in total. The number of hydrogen-bond donors (Lipinski definition) is 0. The molecule has 3 rings (SSSR count). The van der Waals surface area contributed by atoms with E-state index < -0.39 is 0 Å². The van der Waals surface area contributed by atoms with Gasteiger partial charge in [0.15, 0.2) is 0 Å². The third-order valence-corrected chi connectivity index (χ3v) is 3.52. The van der Waals surface area contributed by atoms with E-state index in [0.29, 0.717) is 17.8 Å². The summed E-state index contributed by atoms with van der Waals surface area (Å²) >= 11 is 0. The van der Waals surface area contributed by atoms with Gasteiger partial charge in [0.05, 0.1) is 5.56 Å². The first-order valence-electron chi connectivity index (χ1n) is 7.01. The normalized spacial score (nSPS) is 10.8. The van der Waals surface area contributed by atoms with Crippen molar-refractivity contribution in [1.82, 2.24) is 9.38 Å². The third kappa shape index (κ3) is 2.40. The molecule has 0 radical (unpaired) electrons. The number of fused-ring (bicyclic) bond motifs is 1. The number of benzene rings is 1. The number of pyridine rings is 1. The van der Waals surface area contributed by atoms with Crippen LogP contribution in [0.1, 0.15) is 22.8 Å². The van der Waals surface area contributed by atoms with Crippen LogP contribution in [0.2, 0.25) is 0 Å². The van der Waals surface area contributed by atoms with Gasteiger partial charge in [0.1, 0.15) is 5.65 Å². The van der Waals surface area contributed by atoms with Gasteiger partial charge < -0.3 is 9.30 Å². The van der Waals surface area contributed by atoms with E-state index in [1.807, 2.05) is 67.0 Å². The Labute approximate surface area is 123 Å². The maximum Gasteiger partial charge on any atom is 0.262 e. The van der Waals surface area contributed by atoms with E-state index in [1.165, 1.54) is 0 Å². The van der Waals surface area contributed by atoms with Crippen LogP contribution >= 0.6 is 0 Å². The molecule has 0 atom stereocenters. The summed E-state index contributed by atoms with van der Waals surface area (Å²) in [6.07, 6.45) is 5.44. The molecule has 0 bridgehead atoms. The average Bonchev–Trinajstić information content (AvgIpc) is 2.96. The first-order chi connectivity index (χ1) is 10.2. The molecule has 0 unspecified atom stereocenters. The number of anilines is 1. The van der Waals surface area contributed by atoms with Crippen LogP contribution in [-0.2, 0) is 0 Å². The smallest absolute Gasteiger partial charge is 0.262 e. The van der Waals surface area contributed by atoms with Crippen LogP contribution < -0.4 is 4.90 Å². The van der Waals surface area contributed by atoms with Crippen molar-refractivity contribution < 1.29 is 4.79 Å².